The van der Waals surface area contributed by atoms with E-state index in [2.05, 4.69) is 4.72 Å². The van der Waals surface area contributed by atoms with Gasteiger partial charge < -0.3 is 9.64 Å². The molecule has 0 radical (unpaired) electrons. The van der Waals surface area contributed by atoms with Crippen LogP contribution in [0.3, 0.4) is 0 Å². The summed E-state index contributed by atoms with van der Waals surface area (Å²) in [5.74, 6) is -1.63. The highest BCUT2D eigenvalue weighted by Gasteiger charge is 2.53. The Morgan fingerprint density at radius 1 is 0.979 bits per heavy atom. The Kier molecular flexibility index (Phi) is 11.6. The van der Waals surface area contributed by atoms with Crippen LogP contribution in [0.25, 0.3) is 0 Å². The fraction of sp³-hybridized carbons (Fsp3) is 0.429. The average molecular weight is 737 g/mol. The van der Waals surface area contributed by atoms with Gasteiger partial charge >= 0.3 is 0 Å². The number of amides is 2. The molecule has 48 heavy (non-hydrogen) atoms. The fourth-order valence-corrected chi connectivity index (χ4v) is 9.07. The summed E-state index contributed by atoms with van der Waals surface area (Å²) in [6, 6.07) is 19.0. The zero-order chi connectivity index (χ0) is 35.6. The maximum absolute atomic E-state index is 15.0. The number of nitrogens with zero attached hydrogens (tertiary/aromatic N) is 1. The smallest absolute Gasteiger partial charge is 0.233 e. The molecule has 0 saturated carbocycles. The third-order valence-electron chi connectivity index (χ3n) is 9.04. The molecule has 13 heteroatoms. The number of halogens is 2. The van der Waals surface area contributed by atoms with Crippen LogP contribution in [-0.4, -0.2) is 53.5 Å². The number of likely N-dealkylation sites (tertiary alicyclic amines) is 1. The van der Waals surface area contributed by atoms with Gasteiger partial charge in [-0.3, -0.25) is 14.3 Å². The highest BCUT2D eigenvalue weighted by atomic mass is 35.5. The summed E-state index contributed by atoms with van der Waals surface area (Å²) in [4.78, 5) is 30.3. The summed E-state index contributed by atoms with van der Waals surface area (Å²) in [5.41, 5.74) is 0.193. The van der Waals surface area contributed by atoms with E-state index in [1.807, 2.05) is 44.2 Å². The SMILES string of the molecule is COc1ccc(S(=N)(=O)NC(=O)C[C@@]2(C)C[C@H](c3cccc(Cl)c3)[C@@H](c3ccc(Cl)cc3)N(C(CS(=O)(=O)C(C)C)C(C)C)C2=O)cc1. The van der Waals surface area contributed by atoms with Crippen molar-refractivity contribution in [2.75, 3.05) is 12.9 Å². The molecule has 2 unspecified atom stereocenters. The van der Waals surface area contributed by atoms with Crippen molar-refractivity contribution in [3.63, 3.8) is 0 Å². The minimum Gasteiger partial charge on any atom is -0.497 e. The molecule has 9 nitrogen and oxygen atoms in total. The van der Waals surface area contributed by atoms with Crippen LogP contribution < -0.4 is 9.46 Å². The zero-order valence-electron chi connectivity index (χ0n) is 27.9. The number of nitrogens with one attached hydrogen (secondary N) is 2. The quantitative estimate of drug-likeness (QED) is 0.199. The lowest BCUT2D eigenvalue weighted by molar-refractivity contribution is -0.157. The van der Waals surface area contributed by atoms with Crippen LogP contribution in [0, 0.1) is 16.1 Å². The molecule has 4 rings (SSSR count). The molecule has 3 aromatic carbocycles. The molecule has 2 N–H and O–H groups in total. The van der Waals surface area contributed by atoms with Gasteiger partial charge in [-0.05, 0) is 85.8 Å². The number of piperidine rings is 1. The van der Waals surface area contributed by atoms with Gasteiger partial charge in [0.2, 0.25) is 11.8 Å². The molecule has 1 fully saturated rings. The summed E-state index contributed by atoms with van der Waals surface area (Å²) in [5, 5.41) is 0.324. The van der Waals surface area contributed by atoms with E-state index in [9.17, 15) is 22.2 Å². The molecule has 1 saturated heterocycles. The number of sulfone groups is 1. The van der Waals surface area contributed by atoms with Gasteiger partial charge in [0.25, 0.3) is 0 Å². The minimum atomic E-state index is -3.77. The molecule has 0 spiro atoms. The van der Waals surface area contributed by atoms with Gasteiger partial charge in [-0.2, -0.15) is 0 Å². The van der Waals surface area contributed by atoms with Crippen LogP contribution in [0.4, 0.5) is 0 Å². The lowest BCUT2D eigenvalue weighted by atomic mass is 9.66. The van der Waals surface area contributed by atoms with E-state index in [-0.39, 0.29) is 29.4 Å². The Morgan fingerprint density at radius 3 is 2.15 bits per heavy atom. The number of hydrogen-bond donors (Lipinski definition) is 2. The summed E-state index contributed by atoms with van der Waals surface area (Å²) in [6.07, 6.45) is -0.201. The van der Waals surface area contributed by atoms with Crippen LogP contribution in [0.1, 0.15) is 70.5 Å². The van der Waals surface area contributed by atoms with Gasteiger partial charge in [-0.15, -0.1) is 0 Å². The van der Waals surface area contributed by atoms with Gasteiger partial charge in [0.05, 0.1) is 34.5 Å². The first-order valence-electron chi connectivity index (χ1n) is 15.7. The number of benzene rings is 3. The van der Waals surface area contributed by atoms with Crippen molar-refractivity contribution in [2.24, 2.45) is 11.3 Å². The molecular weight excluding hydrogens is 693 g/mol. The first-order valence-corrected chi connectivity index (χ1v) is 19.7. The van der Waals surface area contributed by atoms with Crippen molar-refractivity contribution < 1.29 is 27.0 Å². The number of hydrogen-bond acceptors (Lipinski definition) is 7. The summed E-state index contributed by atoms with van der Waals surface area (Å²) < 4.78 is 56.3. The van der Waals surface area contributed by atoms with E-state index < -0.39 is 60.2 Å². The summed E-state index contributed by atoms with van der Waals surface area (Å²) in [6.45, 7) is 8.66. The molecule has 5 atom stereocenters. The van der Waals surface area contributed by atoms with E-state index in [0.717, 1.165) is 11.1 Å². The van der Waals surface area contributed by atoms with Crippen LogP contribution in [0.2, 0.25) is 10.0 Å². The molecule has 0 aliphatic carbocycles. The summed E-state index contributed by atoms with van der Waals surface area (Å²) in [7, 11) is -5.92. The number of ether oxygens (including phenoxy) is 1. The largest absolute Gasteiger partial charge is 0.497 e. The predicted octanol–water partition coefficient (Wildman–Crippen LogP) is 7.44. The third-order valence-corrected chi connectivity index (χ3v) is 13.2. The Balaban J connectivity index is 1.85. The van der Waals surface area contributed by atoms with Gasteiger partial charge in [-0.1, -0.05) is 68.2 Å². The monoisotopic (exact) mass is 735 g/mol. The third kappa shape index (κ3) is 8.35. The number of carbonyl (C=O) groups is 2. The van der Waals surface area contributed by atoms with Crippen LogP contribution in [0.5, 0.6) is 5.75 Å². The highest BCUT2D eigenvalue weighted by molar-refractivity contribution is 7.92. The number of methoxy groups -OCH3 is 1. The molecular formula is C35H43Cl2N3O6S2. The first kappa shape index (κ1) is 37.7. The summed E-state index contributed by atoms with van der Waals surface area (Å²) >= 11 is 12.8. The van der Waals surface area contributed by atoms with Gasteiger partial charge in [-0.25, -0.2) is 17.4 Å². The van der Waals surface area contributed by atoms with Gasteiger partial charge in [0.15, 0.2) is 19.8 Å². The second kappa shape index (κ2) is 14.8. The Morgan fingerprint density at radius 2 is 1.60 bits per heavy atom. The zero-order valence-corrected chi connectivity index (χ0v) is 31.1. The molecule has 1 aliphatic rings. The van der Waals surface area contributed by atoms with E-state index in [0.29, 0.717) is 15.8 Å². The van der Waals surface area contributed by atoms with Gasteiger partial charge in [0, 0.05) is 28.4 Å². The van der Waals surface area contributed by atoms with Crippen molar-refractivity contribution >= 4 is 54.8 Å². The minimum absolute atomic E-state index is 0.0803. The lowest BCUT2D eigenvalue weighted by Crippen LogP contribution is -2.59. The predicted molar refractivity (Wildman–Crippen MR) is 190 cm³/mol. The Labute approximate surface area is 294 Å². The normalized spacial score (nSPS) is 22.0. The average Bonchev–Trinajstić information content (AvgIpc) is 3.01. The molecule has 0 bridgehead atoms. The van der Waals surface area contributed by atoms with E-state index in [1.54, 1.807) is 56.0 Å². The van der Waals surface area contributed by atoms with Crippen LogP contribution >= 0.6 is 23.2 Å². The van der Waals surface area contributed by atoms with Crippen molar-refractivity contribution in [3.8, 4) is 5.75 Å². The molecule has 2 amide bonds. The van der Waals surface area contributed by atoms with E-state index in [1.165, 1.54) is 19.2 Å². The fourth-order valence-electron chi connectivity index (χ4n) is 6.31. The Bertz CT molecular complexity index is 1850. The molecule has 1 aliphatic heterocycles. The second-order valence-corrected chi connectivity index (χ2v) is 18.5. The molecule has 1 heterocycles. The lowest BCUT2D eigenvalue weighted by Gasteiger charge is -2.53. The maximum atomic E-state index is 15.0. The van der Waals surface area contributed by atoms with E-state index in [4.69, 9.17) is 32.7 Å². The number of carbonyl (C=O) groups excluding carboxylic acids is 2. The topological polar surface area (TPSA) is 134 Å². The Hall–Kier alpha value is -3.12. The van der Waals surface area contributed by atoms with Crippen molar-refractivity contribution in [3.05, 3.63) is 94.0 Å². The molecule has 260 valence electrons. The molecule has 3 aromatic rings. The number of rotatable bonds is 12. The van der Waals surface area contributed by atoms with E-state index >= 15 is 0 Å². The van der Waals surface area contributed by atoms with Crippen molar-refractivity contribution in [1.82, 2.24) is 9.62 Å². The standard InChI is InChI=1S/C35H43Cl2N3O6S2/c1-22(2)31(21-47(43,44)23(3)4)40-33(24-10-12-26(36)13-11-24)30(25-8-7-9-27(37)18-25)19-35(5,34(40)42)20-32(41)39-48(38,45)29-16-14-28(46-6)15-17-29/h7-18,22-23,30-31,33H,19-21H2,1-6H3,(H2,38,39,41,45)/t30-,31?,33-,35-,48?/m1/s1. The maximum Gasteiger partial charge on any atom is 0.233 e. The van der Waals surface area contributed by atoms with Gasteiger partial charge in [0.1, 0.15) is 5.75 Å². The van der Waals surface area contributed by atoms with Crippen LogP contribution in [0.15, 0.2) is 77.7 Å². The first-order chi connectivity index (χ1) is 22.4. The second-order valence-electron chi connectivity index (χ2n) is 13.3. The van der Waals surface area contributed by atoms with Crippen LogP contribution in [-0.2, 0) is 29.3 Å². The molecule has 0 aromatic heterocycles. The van der Waals surface area contributed by atoms with Crippen molar-refractivity contribution in [2.45, 2.75) is 75.6 Å². The van der Waals surface area contributed by atoms with Crippen molar-refractivity contribution in [1.29, 1.82) is 4.78 Å². The highest BCUT2D eigenvalue weighted by Crippen LogP contribution is 2.52.